The summed E-state index contributed by atoms with van der Waals surface area (Å²) in [6, 6.07) is 4.05. The second-order valence-electron chi connectivity index (χ2n) is 8.35. The summed E-state index contributed by atoms with van der Waals surface area (Å²) in [5.74, 6) is 1.65. The molecule has 0 spiro atoms. The fourth-order valence-corrected chi connectivity index (χ4v) is 2.40. The fourth-order valence-electron chi connectivity index (χ4n) is 2.40. The summed E-state index contributed by atoms with van der Waals surface area (Å²) < 4.78 is 0. The van der Waals surface area contributed by atoms with Gasteiger partial charge in [-0.05, 0) is 0 Å². The lowest BCUT2D eigenvalue weighted by Gasteiger charge is -2.46. The van der Waals surface area contributed by atoms with E-state index in [1.165, 1.54) is 0 Å². The standard InChI is InChI=1S/C17H26N4O/c1-15(2,3)12-9-13(20-14(19-12)16(4,5)6)21-10-17(22,11-21)7-8-18/h9,22H,7,10-11H2,1-6H3. The van der Waals surface area contributed by atoms with E-state index < -0.39 is 5.60 Å². The molecule has 0 saturated carbocycles. The molecule has 2 rings (SSSR count). The Balaban J connectivity index is 2.35. The van der Waals surface area contributed by atoms with Gasteiger partial charge in [0.1, 0.15) is 17.2 Å². The number of hydrogen-bond donors (Lipinski definition) is 1. The molecule has 1 saturated heterocycles. The Morgan fingerprint density at radius 3 is 2.23 bits per heavy atom. The number of β-amino-alcohol motifs (C(OH)–C–C–N with tert-alkyl or cyclic N) is 1. The minimum atomic E-state index is -0.899. The van der Waals surface area contributed by atoms with Crippen molar-refractivity contribution in [3.05, 3.63) is 17.6 Å². The molecule has 2 heterocycles. The van der Waals surface area contributed by atoms with Crippen LogP contribution in [0, 0.1) is 11.3 Å². The molecule has 0 amide bonds. The van der Waals surface area contributed by atoms with Crippen molar-refractivity contribution in [2.45, 2.75) is 64.4 Å². The van der Waals surface area contributed by atoms with Gasteiger partial charge in [0.15, 0.2) is 0 Å². The van der Waals surface area contributed by atoms with Gasteiger partial charge >= 0.3 is 0 Å². The lowest BCUT2D eigenvalue weighted by molar-refractivity contribution is 0.0161. The molecule has 1 aliphatic heterocycles. The van der Waals surface area contributed by atoms with Crippen molar-refractivity contribution in [2.24, 2.45) is 0 Å². The molecule has 0 aromatic carbocycles. The molecule has 5 heteroatoms. The topological polar surface area (TPSA) is 73.0 Å². The molecule has 1 fully saturated rings. The van der Waals surface area contributed by atoms with E-state index in [-0.39, 0.29) is 17.3 Å². The van der Waals surface area contributed by atoms with E-state index >= 15 is 0 Å². The number of aromatic nitrogens is 2. The Morgan fingerprint density at radius 1 is 1.18 bits per heavy atom. The highest BCUT2D eigenvalue weighted by Gasteiger charge is 2.42. The van der Waals surface area contributed by atoms with Crippen LogP contribution in [0.15, 0.2) is 6.07 Å². The van der Waals surface area contributed by atoms with Gasteiger partial charge in [0, 0.05) is 16.9 Å². The van der Waals surface area contributed by atoms with Crippen LogP contribution in [-0.2, 0) is 10.8 Å². The Hall–Kier alpha value is -1.67. The Bertz CT molecular complexity index is 566. The summed E-state index contributed by atoms with van der Waals surface area (Å²) in [7, 11) is 0. The number of anilines is 1. The molecule has 120 valence electrons. The number of rotatable bonds is 2. The smallest absolute Gasteiger partial charge is 0.136 e. The van der Waals surface area contributed by atoms with Gasteiger partial charge in [-0.1, -0.05) is 41.5 Å². The minimum Gasteiger partial charge on any atom is -0.385 e. The molecule has 0 aliphatic carbocycles. The van der Waals surface area contributed by atoms with E-state index in [2.05, 4.69) is 46.5 Å². The summed E-state index contributed by atoms with van der Waals surface area (Å²) in [6.07, 6.45) is 0.160. The number of nitriles is 1. The number of hydrogen-bond acceptors (Lipinski definition) is 5. The van der Waals surface area contributed by atoms with Crippen LogP contribution >= 0.6 is 0 Å². The maximum Gasteiger partial charge on any atom is 0.136 e. The monoisotopic (exact) mass is 302 g/mol. The van der Waals surface area contributed by atoms with Crippen molar-refractivity contribution in [3.8, 4) is 6.07 Å². The van der Waals surface area contributed by atoms with Crippen molar-refractivity contribution in [3.63, 3.8) is 0 Å². The maximum atomic E-state index is 10.2. The summed E-state index contributed by atoms with van der Waals surface area (Å²) in [5, 5.41) is 19.0. The third-order valence-electron chi connectivity index (χ3n) is 3.85. The van der Waals surface area contributed by atoms with Crippen LogP contribution in [0.1, 0.15) is 59.5 Å². The first-order chi connectivity index (χ1) is 9.94. The first-order valence-electron chi connectivity index (χ1n) is 7.69. The zero-order chi connectivity index (χ0) is 16.8. The van der Waals surface area contributed by atoms with Crippen LogP contribution in [0.5, 0.6) is 0 Å². The highest BCUT2D eigenvalue weighted by Crippen LogP contribution is 2.33. The molecular formula is C17H26N4O. The predicted octanol–water partition coefficient (Wildman–Crippen LogP) is 2.54. The normalized spacial score (nSPS) is 17.8. The van der Waals surface area contributed by atoms with E-state index in [0.717, 1.165) is 17.3 Å². The largest absolute Gasteiger partial charge is 0.385 e. The highest BCUT2D eigenvalue weighted by atomic mass is 16.3. The third-order valence-corrected chi connectivity index (χ3v) is 3.85. The van der Waals surface area contributed by atoms with Crippen molar-refractivity contribution in [2.75, 3.05) is 18.0 Å². The van der Waals surface area contributed by atoms with Gasteiger partial charge in [-0.3, -0.25) is 0 Å². The molecular weight excluding hydrogens is 276 g/mol. The van der Waals surface area contributed by atoms with E-state index in [9.17, 15) is 5.11 Å². The van der Waals surface area contributed by atoms with Crippen molar-refractivity contribution in [1.82, 2.24) is 9.97 Å². The molecule has 0 radical (unpaired) electrons. The van der Waals surface area contributed by atoms with Crippen molar-refractivity contribution in [1.29, 1.82) is 5.26 Å². The Kier molecular flexibility index (Phi) is 3.95. The summed E-state index contributed by atoms with van der Waals surface area (Å²) >= 11 is 0. The molecule has 5 nitrogen and oxygen atoms in total. The van der Waals surface area contributed by atoms with E-state index in [1.807, 2.05) is 17.0 Å². The van der Waals surface area contributed by atoms with Gasteiger partial charge in [0.25, 0.3) is 0 Å². The van der Waals surface area contributed by atoms with Gasteiger partial charge in [-0.2, -0.15) is 5.26 Å². The molecule has 0 bridgehead atoms. The zero-order valence-electron chi connectivity index (χ0n) is 14.4. The minimum absolute atomic E-state index is 0.0640. The first kappa shape index (κ1) is 16.7. The average molecular weight is 302 g/mol. The Labute approximate surface area is 133 Å². The SMILES string of the molecule is CC(C)(C)c1cc(N2CC(O)(CC#N)C2)nc(C(C)(C)C)n1. The van der Waals surface area contributed by atoms with Gasteiger partial charge in [-0.15, -0.1) is 0 Å². The highest BCUT2D eigenvalue weighted by molar-refractivity contribution is 5.46. The summed E-state index contributed by atoms with van der Waals surface area (Å²) in [6.45, 7) is 13.6. The van der Waals surface area contributed by atoms with Crippen molar-refractivity contribution < 1.29 is 5.11 Å². The second-order valence-corrected chi connectivity index (χ2v) is 8.35. The molecule has 1 aromatic rings. The third kappa shape index (κ3) is 3.38. The predicted molar refractivity (Wildman–Crippen MR) is 86.8 cm³/mol. The van der Waals surface area contributed by atoms with Crippen LogP contribution in [0.25, 0.3) is 0 Å². The van der Waals surface area contributed by atoms with Crippen LogP contribution in [0.3, 0.4) is 0 Å². The van der Waals surface area contributed by atoms with Gasteiger partial charge in [-0.25, -0.2) is 9.97 Å². The quantitative estimate of drug-likeness (QED) is 0.909. The van der Waals surface area contributed by atoms with E-state index in [1.54, 1.807) is 0 Å². The van der Waals surface area contributed by atoms with E-state index in [0.29, 0.717) is 13.1 Å². The van der Waals surface area contributed by atoms with Crippen LogP contribution < -0.4 is 4.90 Å². The summed E-state index contributed by atoms with van der Waals surface area (Å²) in [5.41, 5.74) is -0.100. The maximum absolute atomic E-state index is 10.2. The second kappa shape index (κ2) is 5.20. The molecule has 0 atom stereocenters. The Morgan fingerprint density at radius 2 is 1.77 bits per heavy atom. The van der Waals surface area contributed by atoms with Gasteiger partial charge < -0.3 is 10.0 Å². The van der Waals surface area contributed by atoms with Crippen LogP contribution in [0.4, 0.5) is 5.82 Å². The fraction of sp³-hybridized carbons (Fsp3) is 0.706. The molecule has 22 heavy (non-hydrogen) atoms. The van der Waals surface area contributed by atoms with Crippen molar-refractivity contribution >= 4 is 5.82 Å². The van der Waals surface area contributed by atoms with Crippen LogP contribution in [-0.4, -0.2) is 33.8 Å². The molecule has 1 N–H and O–H groups in total. The molecule has 0 unspecified atom stereocenters. The van der Waals surface area contributed by atoms with Crippen LogP contribution in [0.2, 0.25) is 0 Å². The number of nitrogens with zero attached hydrogens (tertiary/aromatic N) is 4. The molecule has 1 aliphatic rings. The van der Waals surface area contributed by atoms with Gasteiger partial charge in [0.2, 0.25) is 0 Å². The lowest BCUT2D eigenvalue weighted by atomic mass is 9.88. The average Bonchev–Trinajstić information content (AvgIpc) is 2.33. The van der Waals surface area contributed by atoms with Gasteiger partial charge in [0.05, 0.1) is 31.3 Å². The summed E-state index contributed by atoms with van der Waals surface area (Å²) in [4.78, 5) is 11.4. The molecule has 1 aromatic heterocycles. The van der Waals surface area contributed by atoms with E-state index in [4.69, 9.17) is 10.2 Å². The number of aliphatic hydroxyl groups is 1. The lowest BCUT2D eigenvalue weighted by Crippen LogP contribution is -2.62. The first-order valence-corrected chi connectivity index (χ1v) is 7.69. The zero-order valence-corrected chi connectivity index (χ0v) is 14.4.